The molecule has 2 aromatic heterocycles. The highest BCUT2D eigenvalue weighted by atomic mass is 79.9. The van der Waals surface area contributed by atoms with Crippen molar-refractivity contribution in [2.75, 3.05) is 5.32 Å². The minimum atomic E-state index is -0.369. The number of hydrogen-bond donors (Lipinski definition) is 1. The summed E-state index contributed by atoms with van der Waals surface area (Å²) in [5.41, 5.74) is 4.61. The van der Waals surface area contributed by atoms with Crippen LogP contribution >= 0.6 is 15.9 Å². The first-order valence-corrected chi connectivity index (χ1v) is 12.0. The molecular weight excluding hydrogens is 494 g/mol. The van der Waals surface area contributed by atoms with Gasteiger partial charge >= 0.3 is 0 Å². The molecule has 2 heterocycles. The summed E-state index contributed by atoms with van der Waals surface area (Å²) in [4.78, 5) is 12.7. The third-order valence-corrected chi connectivity index (χ3v) is 6.04. The summed E-state index contributed by atoms with van der Waals surface area (Å²) in [7, 11) is 0. The third-order valence-electron chi connectivity index (χ3n) is 5.46. The van der Waals surface area contributed by atoms with Crippen LogP contribution in [0, 0.1) is 13.8 Å². The molecule has 0 aliphatic heterocycles. The molecule has 4 rings (SSSR count). The fourth-order valence-electron chi connectivity index (χ4n) is 3.58. The highest BCUT2D eigenvalue weighted by molar-refractivity contribution is 9.10. The summed E-state index contributed by atoms with van der Waals surface area (Å²) in [6, 6.07) is 17.9. The lowest BCUT2D eigenvalue weighted by Crippen LogP contribution is -2.12. The van der Waals surface area contributed by atoms with Crippen molar-refractivity contribution in [1.29, 1.82) is 0 Å². The number of rotatable bonds is 8. The van der Waals surface area contributed by atoms with E-state index in [1.54, 1.807) is 16.8 Å². The lowest BCUT2D eigenvalue weighted by molar-refractivity contribution is 0.0992. The second kappa shape index (κ2) is 10.3. The molecule has 7 heteroatoms. The van der Waals surface area contributed by atoms with E-state index in [2.05, 4.69) is 83.5 Å². The van der Waals surface area contributed by atoms with Gasteiger partial charge in [-0.1, -0.05) is 55.8 Å². The van der Waals surface area contributed by atoms with Gasteiger partial charge in [-0.15, -0.1) is 0 Å². The average molecular weight is 522 g/mol. The zero-order chi connectivity index (χ0) is 24.2. The minimum absolute atomic E-state index is 0.201. The number of furan rings is 1. The van der Waals surface area contributed by atoms with Crippen molar-refractivity contribution < 1.29 is 13.9 Å². The van der Waals surface area contributed by atoms with E-state index in [1.807, 2.05) is 19.2 Å². The number of amides is 1. The van der Waals surface area contributed by atoms with Crippen LogP contribution < -0.4 is 10.1 Å². The summed E-state index contributed by atoms with van der Waals surface area (Å²) in [5, 5.41) is 7.29. The maximum Gasteiger partial charge on any atom is 0.292 e. The molecule has 0 bridgehead atoms. The molecular formula is C27H28BrN3O3. The van der Waals surface area contributed by atoms with E-state index < -0.39 is 0 Å². The first kappa shape index (κ1) is 23.8. The molecule has 0 spiro atoms. The molecule has 4 aromatic rings. The zero-order valence-corrected chi connectivity index (χ0v) is 21.3. The Balaban J connectivity index is 1.39. The van der Waals surface area contributed by atoms with Crippen LogP contribution in [-0.4, -0.2) is 15.7 Å². The SMILES string of the molecule is Cc1ccc(Cn2cc(Br)c(NC(=O)c3ccc(COc4cc(C)ccc4C(C)C)o3)n2)cc1. The lowest BCUT2D eigenvalue weighted by Gasteiger charge is -2.14. The molecule has 0 aliphatic rings. The van der Waals surface area contributed by atoms with Crippen molar-refractivity contribution in [3.8, 4) is 5.75 Å². The van der Waals surface area contributed by atoms with Crippen LogP contribution in [0.5, 0.6) is 5.75 Å². The monoisotopic (exact) mass is 521 g/mol. The van der Waals surface area contributed by atoms with Gasteiger partial charge in [0.25, 0.3) is 5.91 Å². The Labute approximate surface area is 208 Å². The highest BCUT2D eigenvalue weighted by Crippen LogP contribution is 2.28. The van der Waals surface area contributed by atoms with Crippen LogP contribution in [0.15, 0.2) is 69.7 Å². The molecule has 1 N–H and O–H groups in total. The van der Waals surface area contributed by atoms with Gasteiger partial charge in [0.05, 0.1) is 11.0 Å². The molecule has 0 fully saturated rings. The van der Waals surface area contributed by atoms with Gasteiger partial charge in [-0.3, -0.25) is 9.48 Å². The van der Waals surface area contributed by atoms with Crippen LogP contribution in [0.25, 0.3) is 0 Å². The molecule has 0 aliphatic carbocycles. The number of nitrogens with zero attached hydrogens (tertiary/aromatic N) is 2. The maximum atomic E-state index is 12.7. The Bertz CT molecular complexity index is 1290. The third kappa shape index (κ3) is 5.78. The number of halogens is 1. The fraction of sp³-hybridized carbons (Fsp3) is 0.259. The standard InChI is InChI=1S/C27H28BrN3O3/c1-17(2)22-11-7-19(4)13-25(22)33-16-21-10-12-24(34-21)27(32)29-26-23(28)15-31(30-26)14-20-8-5-18(3)6-9-20/h5-13,15,17H,14,16H2,1-4H3,(H,29,30,32). The molecule has 176 valence electrons. The van der Waals surface area contributed by atoms with E-state index in [0.717, 1.165) is 22.4 Å². The number of hydrogen-bond acceptors (Lipinski definition) is 4. The number of benzene rings is 2. The van der Waals surface area contributed by atoms with Gasteiger partial charge in [-0.2, -0.15) is 5.10 Å². The highest BCUT2D eigenvalue weighted by Gasteiger charge is 2.16. The average Bonchev–Trinajstić information content (AvgIpc) is 3.40. The van der Waals surface area contributed by atoms with E-state index in [1.165, 1.54) is 5.56 Å². The molecule has 1 amide bonds. The Morgan fingerprint density at radius 2 is 1.82 bits per heavy atom. The topological polar surface area (TPSA) is 69.3 Å². The number of carbonyl (C=O) groups excluding carboxylic acids is 1. The van der Waals surface area contributed by atoms with Gasteiger partial charge < -0.3 is 14.5 Å². The van der Waals surface area contributed by atoms with Gasteiger partial charge in [-0.05, 0) is 70.6 Å². The summed E-state index contributed by atoms with van der Waals surface area (Å²) >= 11 is 3.47. The minimum Gasteiger partial charge on any atom is -0.485 e. The molecule has 0 saturated heterocycles. The van der Waals surface area contributed by atoms with Crippen molar-refractivity contribution in [3.05, 3.63) is 99.0 Å². The Morgan fingerprint density at radius 3 is 2.56 bits per heavy atom. The number of nitrogens with one attached hydrogen (secondary N) is 1. The lowest BCUT2D eigenvalue weighted by atomic mass is 10.0. The molecule has 0 atom stereocenters. The Hall–Kier alpha value is -3.32. The fourth-order valence-corrected chi connectivity index (χ4v) is 4.00. The quantitative estimate of drug-likeness (QED) is 0.275. The predicted octanol–water partition coefficient (Wildman–Crippen LogP) is 6.86. The summed E-state index contributed by atoms with van der Waals surface area (Å²) < 4.78 is 14.2. The predicted molar refractivity (Wildman–Crippen MR) is 136 cm³/mol. The van der Waals surface area contributed by atoms with Gasteiger partial charge in [0.2, 0.25) is 0 Å². The first-order valence-electron chi connectivity index (χ1n) is 11.2. The first-order chi connectivity index (χ1) is 16.3. The van der Waals surface area contributed by atoms with E-state index in [4.69, 9.17) is 9.15 Å². The molecule has 0 saturated carbocycles. The van der Waals surface area contributed by atoms with E-state index in [-0.39, 0.29) is 18.3 Å². The van der Waals surface area contributed by atoms with Crippen molar-refractivity contribution in [2.24, 2.45) is 0 Å². The van der Waals surface area contributed by atoms with Crippen molar-refractivity contribution >= 4 is 27.7 Å². The second-order valence-electron chi connectivity index (χ2n) is 8.71. The van der Waals surface area contributed by atoms with Crippen LogP contribution in [0.3, 0.4) is 0 Å². The molecule has 6 nitrogen and oxygen atoms in total. The van der Waals surface area contributed by atoms with Crippen LogP contribution in [-0.2, 0) is 13.2 Å². The molecule has 34 heavy (non-hydrogen) atoms. The summed E-state index contributed by atoms with van der Waals surface area (Å²) in [5.74, 6) is 2.02. The van der Waals surface area contributed by atoms with Gasteiger partial charge in [0.15, 0.2) is 11.6 Å². The number of ether oxygens (including phenoxy) is 1. The largest absolute Gasteiger partial charge is 0.485 e. The maximum absolute atomic E-state index is 12.7. The zero-order valence-electron chi connectivity index (χ0n) is 19.8. The van der Waals surface area contributed by atoms with Gasteiger partial charge in [-0.25, -0.2) is 0 Å². The van der Waals surface area contributed by atoms with Gasteiger partial charge in [0.1, 0.15) is 18.1 Å². The number of carbonyl (C=O) groups is 1. The van der Waals surface area contributed by atoms with Crippen LogP contribution in [0.4, 0.5) is 5.82 Å². The van der Waals surface area contributed by atoms with Crippen LogP contribution in [0.2, 0.25) is 0 Å². The Kier molecular flexibility index (Phi) is 7.22. The van der Waals surface area contributed by atoms with E-state index in [0.29, 0.717) is 28.5 Å². The van der Waals surface area contributed by atoms with E-state index >= 15 is 0 Å². The molecule has 0 unspecified atom stereocenters. The Morgan fingerprint density at radius 1 is 1.09 bits per heavy atom. The number of anilines is 1. The second-order valence-corrected chi connectivity index (χ2v) is 9.57. The van der Waals surface area contributed by atoms with Gasteiger partial charge in [0, 0.05) is 6.20 Å². The van der Waals surface area contributed by atoms with Crippen LogP contribution in [0.1, 0.15) is 58.3 Å². The number of aromatic nitrogens is 2. The normalized spacial score (nSPS) is 11.1. The number of aryl methyl sites for hydroxylation is 2. The van der Waals surface area contributed by atoms with Crippen molar-refractivity contribution in [2.45, 2.75) is 46.8 Å². The molecule has 0 radical (unpaired) electrons. The van der Waals surface area contributed by atoms with E-state index in [9.17, 15) is 4.79 Å². The smallest absolute Gasteiger partial charge is 0.292 e. The summed E-state index contributed by atoms with van der Waals surface area (Å²) in [6.45, 7) is 9.20. The summed E-state index contributed by atoms with van der Waals surface area (Å²) in [6.07, 6.45) is 1.84. The molecule has 2 aromatic carbocycles. The van der Waals surface area contributed by atoms with Crippen molar-refractivity contribution in [1.82, 2.24) is 9.78 Å². The van der Waals surface area contributed by atoms with Crippen molar-refractivity contribution in [3.63, 3.8) is 0 Å².